The number of aryl methyl sites for hydroxylation is 1. The van der Waals surface area contributed by atoms with Gasteiger partial charge in [-0.1, -0.05) is 72.7 Å². The van der Waals surface area contributed by atoms with Crippen molar-refractivity contribution in [3.05, 3.63) is 77.0 Å². The van der Waals surface area contributed by atoms with E-state index >= 15 is 0 Å². The molecule has 2 heteroatoms. The Morgan fingerprint density at radius 2 is 1.58 bits per heavy atom. The summed E-state index contributed by atoms with van der Waals surface area (Å²) in [6.07, 6.45) is 4.35. The number of nitrogens with zero attached hydrogens (tertiary/aromatic N) is 1. The molecule has 0 saturated heterocycles. The molecular formula is C34H37NO. The van der Waals surface area contributed by atoms with Gasteiger partial charge in [-0.05, 0) is 93.3 Å². The van der Waals surface area contributed by atoms with Crippen LogP contribution in [0.15, 0.2) is 59.1 Å². The lowest BCUT2D eigenvalue weighted by atomic mass is 9.62. The minimum atomic E-state index is 0.0181. The van der Waals surface area contributed by atoms with E-state index in [2.05, 4.69) is 104 Å². The normalized spacial score (nSPS) is 17.1. The van der Waals surface area contributed by atoms with Gasteiger partial charge in [-0.25, -0.2) is 0 Å². The van der Waals surface area contributed by atoms with Crippen molar-refractivity contribution in [1.29, 1.82) is 0 Å². The lowest BCUT2D eigenvalue weighted by Crippen LogP contribution is -2.34. The molecule has 2 nitrogen and oxygen atoms in total. The molecule has 0 N–H and O–H groups in total. The molecule has 3 aromatic carbocycles. The molecule has 0 atom stereocenters. The Hall–Kier alpha value is -3.13. The van der Waals surface area contributed by atoms with E-state index < -0.39 is 0 Å². The Morgan fingerprint density at radius 1 is 0.861 bits per heavy atom. The van der Waals surface area contributed by atoms with Crippen molar-refractivity contribution in [1.82, 2.24) is 4.98 Å². The van der Waals surface area contributed by atoms with Crippen LogP contribution < -0.4 is 0 Å². The van der Waals surface area contributed by atoms with Gasteiger partial charge in [0.1, 0.15) is 11.3 Å². The van der Waals surface area contributed by atoms with Gasteiger partial charge in [0.25, 0.3) is 0 Å². The maximum atomic E-state index is 6.72. The molecule has 0 amide bonds. The van der Waals surface area contributed by atoms with Gasteiger partial charge in [-0.2, -0.15) is 0 Å². The zero-order valence-corrected chi connectivity index (χ0v) is 23.0. The fourth-order valence-electron chi connectivity index (χ4n) is 6.62. The van der Waals surface area contributed by atoms with Crippen molar-refractivity contribution in [3.63, 3.8) is 0 Å². The standard InChI is InChI=1S/C34H37NO/c1-20-28-24-13-16-35-30(22-17-21-11-9-10-12-23(21)25(18-22)32(2,3)4)31(24)36-27(28)19-26-29(20)34(7,8)15-14-33(26,5)6/h9-13,16-19H,14-15H2,1-8H3. The highest BCUT2D eigenvalue weighted by Gasteiger charge is 2.39. The molecular weight excluding hydrogens is 438 g/mol. The third kappa shape index (κ3) is 3.34. The predicted molar refractivity (Wildman–Crippen MR) is 153 cm³/mol. The first-order chi connectivity index (χ1) is 16.9. The van der Waals surface area contributed by atoms with Crippen molar-refractivity contribution in [2.24, 2.45) is 0 Å². The summed E-state index contributed by atoms with van der Waals surface area (Å²) in [5.41, 5.74) is 9.89. The van der Waals surface area contributed by atoms with Crippen LogP contribution in [-0.2, 0) is 16.2 Å². The van der Waals surface area contributed by atoms with Gasteiger partial charge in [-0.3, -0.25) is 4.98 Å². The van der Waals surface area contributed by atoms with Gasteiger partial charge in [0.05, 0.1) is 0 Å². The molecule has 6 rings (SSSR count). The fourth-order valence-corrected chi connectivity index (χ4v) is 6.62. The summed E-state index contributed by atoms with van der Waals surface area (Å²) in [6, 6.07) is 17.7. The summed E-state index contributed by atoms with van der Waals surface area (Å²) in [7, 11) is 0. The summed E-state index contributed by atoms with van der Waals surface area (Å²) in [5, 5.41) is 4.96. The van der Waals surface area contributed by atoms with Gasteiger partial charge in [0, 0.05) is 22.5 Å². The molecule has 0 bridgehead atoms. The van der Waals surface area contributed by atoms with Crippen molar-refractivity contribution >= 4 is 32.7 Å². The second-order valence-electron chi connectivity index (χ2n) is 13.2. The molecule has 1 aliphatic carbocycles. The smallest absolute Gasteiger partial charge is 0.161 e. The molecule has 2 heterocycles. The Balaban J connectivity index is 1.68. The van der Waals surface area contributed by atoms with E-state index in [1.807, 2.05) is 6.20 Å². The van der Waals surface area contributed by atoms with Crippen LogP contribution in [0.3, 0.4) is 0 Å². The summed E-state index contributed by atoms with van der Waals surface area (Å²) in [5.74, 6) is 0. The number of hydrogen-bond acceptors (Lipinski definition) is 2. The topological polar surface area (TPSA) is 26.0 Å². The third-order valence-electron chi connectivity index (χ3n) is 8.65. The molecule has 0 fully saturated rings. The van der Waals surface area contributed by atoms with Gasteiger partial charge in [-0.15, -0.1) is 0 Å². The van der Waals surface area contributed by atoms with Crippen molar-refractivity contribution < 1.29 is 4.42 Å². The van der Waals surface area contributed by atoms with Crippen LogP contribution in [-0.4, -0.2) is 4.98 Å². The second kappa shape index (κ2) is 7.44. The minimum absolute atomic E-state index is 0.0181. The number of furan rings is 1. The predicted octanol–water partition coefficient (Wildman–Crippen LogP) is 9.76. The Morgan fingerprint density at radius 3 is 2.33 bits per heavy atom. The van der Waals surface area contributed by atoms with E-state index in [1.54, 1.807) is 0 Å². The van der Waals surface area contributed by atoms with Gasteiger partial charge in [0.15, 0.2) is 5.58 Å². The minimum Gasteiger partial charge on any atom is -0.454 e. The third-order valence-corrected chi connectivity index (χ3v) is 8.65. The number of benzene rings is 3. The van der Waals surface area contributed by atoms with Crippen LogP contribution in [0.25, 0.3) is 44.0 Å². The second-order valence-corrected chi connectivity index (χ2v) is 13.2. The molecule has 5 aromatic rings. The summed E-state index contributed by atoms with van der Waals surface area (Å²) < 4.78 is 6.72. The molecule has 0 radical (unpaired) electrons. The highest BCUT2D eigenvalue weighted by atomic mass is 16.3. The first kappa shape index (κ1) is 23.3. The van der Waals surface area contributed by atoms with E-state index in [-0.39, 0.29) is 16.2 Å². The lowest BCUT2D eigenvalue weighted by Gasteiger charge is -2.42. The molecule has 36 heavy (non-hydrogen) atoms. The lowest BCUT2D eigenvalue weighted by molar-refractivity contribution is 0.331. The van der Waals surface area contributed by atoms with Gasteiger partial charge in [0.2, 0.25) is 0 Å². The monoisotopic (exact) mass is 475 g/mol. The number of hydrogen-bond donors (Lipinski definition) is 0. The average molecular weight is 476 g/mol. The Kier molecular flexibility index (Phi) is 4.81. The molecule has 0 unspecified atom stereocenters. The molecule has 0 saturated carbocycles. The average Bonchev–Trinajstić information content (AvgIpc) is 3.19. The molecule has 0 spiro atoms. The van der Waals surface area contributed by atoms with Crippen molar-refractivity contribution in [2.75, 3.05) is 0 Å². The van der Waals surface area contributed by atoms with Crippen molar-refractivity contribution in [3.8, 4) is 11.3 Å². The zero-order chi connectivity index (χ0) is 25.6. The molecule has 2 aromatic heterocycles. The quantitative estimate of drug-likeness (QED) is 0.241. The highest BCUT2D eigenvalue weighted by Crippen LogP contribution is 2.50. The van der Waals surface area contributed by atoms with E-state index in [4.69, 9.17) is 9.40 Å². The van der Waals surface area contributed by atoms with Crippen LogP contribution in [0.4, 0.5) is 0 Å². The number of fused-ring (bicyclic) bond motifs is 5. The van der Waals surface area contributed by atoms with Crippen molar-refractivity contribution in [2.45, 2.75) is 84.5 Å². The largest absolute Gasteiger partial charge is 0.454 e. The molecule has 0 aliphatic heterocycles. The summed E-state index contributed by atoms with van der Waals surface area (Å²) in [6.45, 7) is 18.7. The van der Waals surface area contributed by atoms with Crippen LogP contribution in [0.2, 0.25) is 0 Å². The van der Waals surface area contributed by atoms with Gasteiger partial charge >= 0.3 is 0 Å². The first-order valence-electron chi connectivity index (χ1n) is 13.3. The SMILES string of the molecule is Cc1c2c(cc3oc4c(-c5cc(C(C)(C)C)c6ccccc6c5)nccc4c13)C(C)(C)CCC2(C)C. The van der Waals surface area contributed by atoms with E-state index in [9.17, 15) is 0 Å². The van der Waals surface area contributed by atoms with Crippen LogP contribution >= 0.6 is 0 Å². The number of rotatable bonds is 1. The van der Waals surface area contributed by atoms with Crippen LogP contribution in [0.5, 0.6) is 0 Å². The number of aromatic nitrogens is 1. The maximum absolute atomic E-state index is 6.72. The van der Waals surface area contributed by atoms with E-state index in [1.165, 1.54) is 56.6 Å². The van der Waals surface area contributed by atoms with Crippen LogP contribution in [0.1, 0.15) is 83.6 Å². The van der Waals surface area contributed by atoms with Crippen LogP contribution in [0, 0.1) is 6.92 Å². The zero-order valence-electron chi connectivity index (χ0n) is 23.0. The summed E-state index contributed by atoms with van der Waals surface area (Å²) >= 11 is 0. The first-order valence-corrected chi connectivity index (χ1v) is 13.3. The Bertz CT molecular complexity index is 1670. The maximum Gasteiger partial charge on any atom is 0.161 e. The fraction of sp³-hybridized carbons (Fsp3) is 0.382. The van der Waals surface area contributed by atoms with E-state index in [0.29, 0.717) is 0 Å². The van der Waals surface area contributed by atoms with E-state index in [0.717, 1.165) is 22.4 Å². The molecule has 184 valence electrons. The molecule has 1 aliphatic rings. The van der Waals surface area contributed by atoms with Gasteiger partial charge < -0.3 is 4.42 Å². The highest BCUT2D eigenvalue weighted by molar-refractivity contribution is 6.11. The summed E-state index contributed by atoms with van der Waals surface area (Å²) in [4.78, 5) is 4.89. The Labute approximate surface area is 214 Å². The number of pyridine rings is 1.